The van der Waals surface area contributed by atoms with Crippen LogP contribution in [0.25, 0.3) is 15.5 Å². The van der Waals surface area contributed by atoms with Gasteiger partial charge in [0, 0.05) is 11.1 Å². The molecule has 4 rings (SSSR count). The lowest BCUT2D eigenvalue weighted by Crippen LogP contribution is -2.12. The van der Waals surface area contributed by atoms with Gasteiger partial charge in [0.05, 0.1) is 17.3 Å². The van der Waals surface area contributed by atoms with Crippen LogP contribution in [0.4, 0.5) is 5.69 Å². The van der Waals surface area contributed by atoms with Crippen molar-refractivity contribution in [2.24, 2.45) is 0 Å². The smallest absolute Gasteiger partial charge is 0.255 e. The molecule has 0 saturated heterocycles. The number of rotatable bonds is 4. The number of ether oxygens (including phenoxy) is 1. The third kappa shape index (κ3) is 3.31. The topological polar surface area (TPSA) is 81.4 Å². The van der Waals surface area contributed by atoms with Gasteiger partial charge in [-0.05, 0) is 53.2 Å². The Hall–Kier alpha value is -2.78. The Balaban J connectivity index is 1.66. The maximum absolute atomic E-state index is 12.7. The number of anilines is 1. The number of benzene rings is 2. The molecule has 0 aliphatic heterocycles. The summed E-state index contributed by atoms with van der Waals surface area (Å²) in [6.07, 6.45) is 0. The summed E-state index contributed by atoms with van der Waals surface area (Å²) in [5.41, 5.74) is 2.02. The number of methoxy groups -OCH3 is 1. The number of fused-ring (bicyclic) bond motifs is 1. The number of nitrogens with zero attached hydrogens (tertiary/aromatic N) is 4. The molecule has 0 spiro atoms. The van der Waals surface area contributed by atoms with Gasteiger partial charge in [-0.2, -0.15) is 9.61 Å². The lowest BCUT2D eigenvalue weighted by atomic mass is 10.1. The van der Waals surface area contributed by atoms with Crippen LogP contribution in [0.5, 0.6) is 5.75 Å². The van der Waals surface area contributed by atoms with Gasteiger partial charge in [-0.15, -0.1) is 10.2 Å². The highest BCUT2D eigenvalue weighted by atomic mass is 79.9. The standard InChI is InChI=1S/C18H14BrN5O2S/c1-10-21-22-18-24(10)23-17(27-18)12-5-3-4-6-14(12)20-16(25)11-7-8-15(26-2)13(19)9-11/h3-9H,1-2H3,(H,20,25). The van der Waals surface area contributed by atoms with E-state index in [1.54, 1.807) is 29.8 Å². The van der Waals surface area contributed by atoms with Crippen molar-refractivity contribution in [1.29, 1.82) is 0 Å². The van der Waals surface area contributed by atoms with Gasteiger partial charge in [0.1, 0.15) is 10.8 Å². The van der Waals surface area contributed by atoms with Gasteiger partial charge in [-0.3, -0.25) is 4.79 Å². The maximum Gasteiger partial charge on any atom is 0.255 e. The third-order valence-electron chi connectivity index (χ3n) is 3.97. The van der Waals surface area contributed by atoms with Gasteiger partial charge in [0.15, 0.2) is 5.82 Å². The summed E-state index contributed by atoms with van der Waals surface area (Å²) < 4.78 is 7.62. The number of hydrogen-bond acceptors (Lipinski definition) is 6. The van der Waals surface area contributed by atoms with Gasteiger partial charge in [-0.1, -0.05) is 23.5 Å². The molecular formula is C18H14BrN5O2S. The van der Waals surface area contributed by atoms with E-state index in [2.05, 4.69) is 36.5 Å². The number of aryl methyl sites for hydroxylation is 1. The summed E-state index contributed by atoms with van der Waals surface area (Å²) in [4.78, 5) is 13.4. The van der Waals surface area contributed by atoms with E-state index in [1.807, 2.05) is 31.2 Å². The number of carbonyl (C=O) groups is 1. The number of halogens is 1. The van der Waals surface area contributed by atoms with Crippen LogP contribution in [-0.2, 0) is 0 Å². The molecule has 0 unspecified atom stereocenters. The van der Waals surface area contributed by atoms with E-state index in [9.17, 15) is 4.79 Å². The lowest BCUT2D eigenvalue weighted by molar-refractivity contribution is 0.102. The van der Waals surface area contributed by atoms with Crippen molar-refractivity contribution in [3.8, 4) is 16.3 Å². The minimum Gasteiger partial charge on any atom is -0.496 e. The summed E-state index contributed by atoms with van der Waals surface area (Å²) in [6.45, 7) is 1.85. The van der Waals surface area contributed by atoms with E-state index < -0.39 is 0 Å². The van der Waals surface area contributed by atoms with Crippen LogP contribution in [-0.4, -0.2) is 32.8 Å². The molecular weight excluding hydrogens is 430 g/mol. The molecule has 0 bridgehead atoms. The quantitative estimate of drug-likeness (QED) is 0.511. The summed E-state index contributed by atoms with van der Waals surface area (Å²) in [5.74, 6) is 1.17. The van der Waals surface area contributed by atoms with Gasteiger partial charge in [-0.25, -0.2) is 0 Å². The first-order chi connectivity index (χ1) is 13.1. The number of aromatic nitrogens is 4. The van der Waals surface area contributed by atoms with Gasteiger partial charge >= 0.3 is 0 Å². The highest BCUT2D eigenvalue weighted by molar-refractivity contribution is 9.10. The highest BCUT2D eigenvalue weighted by Gasteiger charge is 2.16. The van der Waals surface area contributed by atoms with Crippen LogP contribution in [0.3, 0.4) is 0 Å². The second-order valence-corrected chi connectivity index (χ2v) is 7.51. The fraction of sp³-hybridized carbons (Fsp3) is 0.111. The van der Waals surface area contributed by atoms with E-state index in [4.69, 9.17) is 4.74 Å². The van der Waals surface area contributed by atoms with Crippen molar-refractivity contribution in [1.82, 2.24) is 19.8 Å². The first kappa shape index (κ1) is 17.6. The Kier molecular flexibility index (Phi) is 4.63. The molecule has 0 aliphatic rings. The normalized spacial score (nSPS) is 10.9. The minimum atomic E-state index is -0.218. The molecule has 9 heteroatoms. The summed E-state index contributed by atoms with van der Waals surface area (Å²) in [5, 5.41) is 16.4. The van der Waals surface area contributed by atoms with E-state index in [1.165, 1.54) is 11.3 Å². The minimum absolute atomic E-state index is 0.218. The Labute approximate surface area is 167 Å². The Bertz CT molecular complexity index is 1150. The van der Waals surface area contributed by atoms with Crippen molar-refractivity contribution in [2.45, 2.75) is 6.92 Å². The second-order valence-electron chi connectivity index (χ2n) is 5.70. The highest BCUT2D eigenvalue weighted by Crippen LogP contribution is 2.32. The molecule has 0 fully saturated rings. The number of nitrogens with one attached hydrogen (secondary N) is 1. The van der Waals surface area contributed by atoms with Crippen LogP contribution in [0.15, 0.2) is 46.9 Å². The zero-order valence-corrected chi connectivity index (χ0v) is 16.8. The van der Waals surface area contributed by atoms with Crippen molar-refractivity contribution in [3.05, 3.63) is 58.3 Å². The third-order valence-corrected chi connectivity index (χ3v) is 5.52. The fourth-order valence-corrected chi connectivity index (χ4v) is 4.07. The first-order valence-electron chi connectivity index (χ1n) is 8.00. The molecule has 1 amide bonds. The van der Waals surface area contributed by atoms with Crippen molar-refractivity contribution in [2.75, 3.05) is 12.4 Å². The van der Waals surface area contributed by atoms with Crippen LogP contribution in [0.1, 0.15) is 16.2 Å². The molecule has 27 heavy (non-hydrogen) atoms. The van der Waals surface area contributed by atoms with Crippen LogP contribution in [0.2, 0.25) is 0 Å². The van der Waals surface area contributed by atoms with Gasteiger partial charge in [0.2, 0.25) is 4.96 Å². The van der Waals surface area contributed by atoms with Crippen molar-refractivity contribution < 1.29 is 9.53 Å². The van der Waals surface area contributed by atoms with E-state index >= 15 is 0 Å². The number of carbonyl (C=O) groups excluding carboxylic acids is 1. The summed E-state index contributed by atoms with van der Waals surface area (Å²) in [7, 11) is 1.58. The number of hydrogen-bond donors (Lipinski definition) is 1. The molecule has 2 heterocycles. The number of para-hydroxylation sites is 1. The predicted octanol–water partition coefficient (Wildman–Crippen LogP) is 4.18. The van der Waals surface area contributed by atoms with Crippen LogP contribution in [0, 0.1) is 6.92 Å². The van der Waals surface area contributed by atoms with E-state index in [-0.39, 0.29) is 5.91 Å². The molecule has 7 nitrogen and oxygen atoms in total. The first-order valence-corrected chi connectivity index (χ1v) is 9.61. The molecule has 0 aliphatic carbocycles. The van der Waals surface area contributed by atoms with Crippen molar-refractivity contribution >= 4 is 43.8 Å². The zero-order chi connectivity index (χ0) is 19.0. The summed E-state index contributed by atoms with van der Waals surface area (Å²) in [6, 6.07) is 12.7. The van der Waals surface area contributed by atoms with E-state index in [0.717, 1.165) is 20.9 Å². The van der Waals surface area contributed by atoms with Crippen LogP contribution < -0.4 is 10.1 Å². The zero-order valence-electron chi connectivity index (χ0n) is 14.4. The van der Waals surface area contributed by atoms with E-state index in [0.29, 0.717) is 22.0 Å². The predicted molar refractivity (Wildman–Crippen MR) is 107 cm³/mol. The average Bonchev–Trinajstić information content (AvgIpc) is 3.24. The molecule has 2 aromatic carbocycles. The SMILES string of the molecule is COc1ccc(C(=O)Nc2ccccc2-c2nn3c(C)nnc3s2)cc1Br. The Morgan fingerprint density at radius 3 is 2.78 bits per heavy atom. The largest absolute Gasteiger partial charge is 0.496 e. The monoisotopic (exact) mass is 443 g/mol. The molecule has 4 aromatic rings. The molecule has 1 N–H and O–H groups in total. The second kappa shape index (κ2) is 7.09. The molecule has 2 aromatic heterocycles. The van der Waals surface area contributed by atoms with Gasteiger partial charge < -0.3 is 10.1 Å². The molecule has 0 atom stereocenters. The maximum atomic E-state index is 12.7. The average molecular weight is 444 g/mol. The molecule has 0 saturated carbocycles. The van der Waals surface area contributed by atoms with Gasteiger partial charge in [0.25, 0.3) is 5.91 Å². The Morgan fingerprint density at radius 1 is 1.22 bits per heavy atom. The van der Waals surface area contributed by atoms with Crippen LogP contribution >= 0.6 is 27.3 Å². The Morgan fingerprint density at radius 2 is 2.04 bits per heavy atom. The molecule has 0 radical (unpaired) electrons. The lowest BCUT2D eigenvalue weighted by Gasteiger charge is -2.10. The molecule has 136 valence electrons. The summed E-state index contributed by atoms with van der Waals surface area (Å²) >= 11 is 4.82. The number of amides is 1. The fourth-order valence-electron chi connectivity index (χ4n) is 2.60. The van der Waals surface area contributed by atoms with Crippen molar-refractivity contribution in [3.63, 3.8) is 0 Å².